The van der Waals surface area contributed by atoms with Gasteiger partial charge in [0, 0.05) is 74.5 Å². The monoisotopic (exact) mass is 756 g/mol. The van der Waals surface area contributed by atoms with Gasteiger partial charge in [-0.25, -0.2) is 0 Å². The summed E-state index contributed by atoms with van der Waals surface area (Å²) in [6, 6.07) is 54.0. The highest BCUT2D eigenvalue weighted by Gasteiger charge is 2.20. The Morgan fingerprint density at radius 3 is 1.31 bits per heavy atom. The van der Waals surface area contributed by atoms with E-state index in [1.54, 1.807) is 95.8 Å². The van der Waals surface area contributed by atoms with Crippen LogP contribution < -0.4 is 16.9 Å². The summed E-state index contributed by atoms with van der Waals surface area (Å²) in [6.45, 7) is 0. The number of benzene rings is 6. The summed E-state index contributed by atoms with van der Waals surface area (Å²) in [6.07, 6.45) is 3.39. The van der Waals surface area contributed by atoms with Gasteiger partial charge < -0.3 is 5.73 Å². The number of nitrogens with zero attached hydrogens (tertiary/aromatic N) is 5. The molecule has 0 bridgehead atoms. The summed E-state index contributed by atoms with van der Waals surface area (Å²) in [5.74, 6) is 0. The molecule has 278 valence electrons. The van der Waals surface area contributed by atoms with E-state index >= 15 is 0 Å². The maximum absolute atomic E-state index is 13.4. The Kier molecular flexibility index (Phi) is 10.9. The number of nitrogen functional groups attached to an aromatic ring is 1. The van der Waals surface area contributed by atoms with Gasteiger partial charge in [-0.05, 0) is 60.7 Å². The van der Waals surface area contributed by atoms with Gasteiger partial charge in [0.05, 0.1) is 33.8 Å². The topological polar surface area (TPSA) is 161 Å². The Morgan fingerprint density at radius 1 is 0.483 bits per heavy atom. The Labute approximate surface area is 333 Å². The lowest BCUT2D eigenvalue weighted by Gasteiger charge is -2.14. The van der Waals surface area contributed by atoms with Crippen LogP contribution in [0.15, 0.2) is 192 Å². The predicted molar refractivity (Wildman–Crippen MR) is 226 cm³/mol. The van der Waals surface area contributed by atoms with Crippen molar-refractivity contribution in [3.63, 3.8) is 0 Å². The van der Waals surface area contributed by atoms with E-state index in [2.05, 4.69) is 12.1 Å². The molecular weight excluding hydrogens is 725 g/mol. The van der Waals surface area contributed by atoms with Gasteiger partial charge in [-0.3, -0.25) is 28.8 Å². The van der Waals surface area contributed by atoms with Crippen molar-refractivity contribution in [2.75, 3.05) is 5.73 Å². The van der Waals surface area contributed by atoms with Gasteiger partial charge in [-0.2, -0.15) is 10.5 Å². The van der Waals surface area contributed by atoms with Gasteiger partial charge in [0.25, 0.3) is 16.8 Å². The number of rotatable bonds is 7. The lowest BCUT2D eigenvalue weighted by atomic mass is 9.97. The minimum atomic E-state index is -0.448. The van der Waals surface area contributed by atoms with Crippen molar-refractivity contribution >= 4 is 11.4 Å². The van der Waals surface area contributed by atoms with Gasteiger partial charge in [-0.15, -0.1) is 0 Å². The van der Waals surface area contributed by atoms with Gasteiger partial charge in [-0.1, -0.05) is 103 Å². The Bertz CT molecular complexity index is 3020. The lowest BCUT2D eigenvalue weighted by Crippen LogP contribution is -2.20. The molecule has 0 unspecified atom stereocenters. The molecule has 0 aliphatic carbocycles. The second kappa shape index (κ2) is 16.8. The fourth-order valence-electron chi connectivity index (χ4n) is 6.67. The summed E-state index contributed by atoms with van der Waals surface area (Å²) in [4.78, 5) is 37.8. The van der Waals surface area contributed by atoms with Crippen molar-refractivity contribution in [3.8, 4) is 68.0 Å². The lowest BCUT2D eigenvalue weighted by molar-refractivity contribution is -0.384. The molecular formula is C48H32N6O4. The summed E-state index contributed by atoms with van der Waals surface area (Å²) < 4.78 is 3.06. The molecule has 0 saturated heterocycles. The number of para-hydroxylation sites is 4. The van der Waals surface area contributed by atoms with Crippen LogP contribution in [0.1, 0.15) is 11.1 Å². The molecule has 10 heteroatoms. The highest BCUT2D eigenvalue weighted by molar-refractivity contribution is 5.82. The van der Waals surface area contributed by atoms with Crippen LogP contribution in [0.5, 0.6) is 0 Å². The van der Waals surface area contributed by atoms with Gasteiger partial charge in [0.1, 0.15) is 0 Å². The van der Waals surface area contributed by atoms with E-state index < -0.39 is 4.92 Å². The number of nitro benzene ring substituents is 1. The van der Waals surface area contributed by atoms with E-state index in [9.17, 15) is 30.2 Å². The van der Waals surface area contributed by atoms with Crippen LogP contribution in [-0.4, -0.2) is 14.1 Å². The molecule has 6 aromatic carbocycles. The van der Waals surface area contributed by atoms with Crippen LogP contribution in [0.3, 0.4) is 0 Å². The molecule has 0 saturated carbocycles. The molecule has 2 N–H and O–H groups in total. The van der Waals surface area contributed by atoms with E-state index in [1.165, 1.54) is 10.6 Å². The minimum Gasteiger partial charge on any atom is -0.398 e. The molecule has 0 spiro atoms. The number of aromatic nitrogens is 2. The quantitative estimate of drug-likeness (QED) is 0.0962. The van der Waals surface area contributed by atoms with E-state index in [4.69, 9.17) is 5.73 Å². The Balaban J connectivity index is 0.000000177. The zero-order valence-electron chi connectivity index (χ0n) is 30.8. The molecule has 0 aliphatic rings. The molecule has 10 nitrogen and oxygen atoms in total. The summed E-state index contributed by atoms with van der Waals surface area (Å²) in [5, 5.41) is 30.6. The summed E-state index contributed by atoms with van der Waals surface area (Å²) in [5.41, 5.74) is 12.8. The highest BCUT2D eigenvalue weighted by atomic mass is 16.6. The Morgan fingerprint density at radius 2 is 0.862 bits per heavy atom. The second-order valence-electron chi connectivity index (χ2n) is 13.0. The van der Waals surface area contributed by atoms with E-state index in [-0.39, 0.29) is 16.8 Å². The van der Waals surface area contributed by atoms with Crippen LogP contribution in [0.25, 0.3) is 55.9 Å². The second-order valence-corrected chi connectivity index (χ2v) is 13.0. The first-order valence-electron chi connectivity index (χ1n) is 18.0. The number of anilines is 1. The molecule has 2 aromatic heterocycles. The van der Waals surface area contributed by atoms with Gasteiger partial charge in [0.2, 0.25) is 0 Å². The molecule has 0 fully saturated rings. The molecule has 0 radical (unpaired) electrons. The maximum atomic E-state index is 13.4. The number of nitriles is 2. The number of hydrogen-bond acceptors (Lipinski definition) is 7. The average Bonchev–Trinajstić information content (AvgIpc) is 3.27. The van der Waals surface area contributed by atoms with Crippen molar-refractivity contribution in [2.45, 2.75) is 0 Å². The molecule has 58 heavy (non-hydrogen) atoms. The number of nitrogens with two attached hydrogens (primary N) is 1. The molecule has 8 rings (SSSR count). The fourth-order valence-corrected chi connectivity index (χ4v) is 6.67. The first-order valence-corrected chi connectivity index (χ1v) is 18.0. The summed E-state index contributed by atoms with van der Waals surface area (Å²) in [7, 11) is 0. The third-order valence-electron chi connectivity index (χ3n) is 9.46. The number of pyridine rings is 2. The Hall–Kier alpha value is -8.60. The third kappa shape index (κ3) is 7.66. The normalized spacial score (nSPS) is 10.4. The van der Waals surface area contributed by atoms with Gasteiger partial charge >= 0.3 is 0 Å². The van der Waals surface area contributed by atoms with E-state index in [1.807, 2.05) is 84.9 Å². The van der Waals surface area contributed by atoms with Crippen LogP contribution in [0.2, 0.25) is 0 Å². The first-order chi connectivity index (χ1) is 28.3. The van der Waals surface area contributed by atoms with Crippen molar-refractivity contribution in [2.24, 2.45) is 0 Å². The molecule has 0 atom stereocenters. The summed E-state index contributed by atoms with van der Waals surface area (Å²) >= 11 is 0. The van der Waals surface area contributed by atoms with Crippen molar-refractivity contribution in [1.82, 2.24) is 9.13 Å². The predicted octanol–water partition coefficient (Wildman–Crippen LogP) is 9.58. The molecule has 0 aliphatic heterocycles. The average molecular weight is 757 g/mol. The first kappa shape index (κ1) is 37.7. The molecule has 2 heterocycles. The van der Waals surface area contributed by atoms with Crippen molar-refractivity contribution in [1.29, 1.82) is 10.5 Å². The zero-order chi connectivity index (χ0) is 40.6. The SMILES string of the molecule is N#Cc1ccccc1-c1cc(-c2ccccc2N)cn(-c2ccccc2)c1=O.N#Cc1ccccc1-c1cc(-c2ccccc2[N+](=O)[O-])cn(-c2ccccc2)c1=O. The minimum absolute atomic E-state index is 0.0599. The fraction of sp³-hybridized carbons (Fsp3) is 0. The smallest absolute Gasteiger partial charge is 0.277 e. The molecule has 0 amide bonds. The number of hydrogen-bond donors (Lipinski definition) is 1. The zero-order valence-corrected chi connectivity index (χ0v) is 30.8. The van der Waals surface area contributed by atoms with E-state index in [0.29, 0.717) is 55.9 Å². The van der Waals surface area contributed by atoms with Gasteiger partial charge in [0.15, 0.2) is 0 Å². The third-order valence-corrected chi connectivity index (χ3v) is 9.46. The van der Waals surface area contributed by atoms with Crippen LogP contribution in [0, 0.1) is 32.8 Å². The molecule has 8 aromatic rings. The van der Waals surface area contributed by atoms with Crippen LogP contribution in [0.4, 0.5) is 11.4 Å². The standard InChI is InChI=1S/C24H15N3O3.C24H17N3O/c25-15-17-8-4-5-11-20(17)22-14-18(21-12-6-7-13-23(21)27(29)30)16-26(24(22)28)19-9-2-1-3-10-19;25-15-17-8-4-5-11-20(17)22-14-18(21-12-6-7-13-23(21)26)16-27(24(22)28)19-9-2-1-3-10-19/h1-14,16H;1-14,16H,26H2. The van der Waals surface area contributed by atoms with E-state index in [0.717, 1.165) is 16.8 Å². The van der Waals surface area contributed by atoms with Crippen molar-refractivity contribution < 1.29 is 4.92 Å². The van der Waals surface area contributed by atoms with Crippen LogP contribution in [-0.2, 0) is 0 Å². The number of nitro groups is 1. The van der Waals surface area contributed by atoms with Crippen molar-refractivity contribution in [3.05, 3.63) is 224 Å². The maximum Gasteiger partial charge on any atom is 0.277 e. The van der Waals surface area contributed by atoms with Crippen LogP contribution >= 0.6 is 0 Å². The highest BCUT2D eigenvalue weighted by Crippen LogP contribution is 2.33. The largest absolute Gasteiger partial charge is 0.398 e.